The predicted octanol–water partition coefficient (Wildman–Crippen LogP) is 3.21. The molecule has 0 aromatic heterocycles. The van der Waals surface area contributed by atoms with E-state index >= 15 is 0 Å². The van der Waals surface area contributed by atoms with Crippen molar-refractivity contribution in [3.63, 3.8) is 0 Å². The zero-order chi connectivity index (χ0) is 19.1. The average Bonchev–Trinajstić information content (AvgIpc) is 2.99. The maximum atomic E-state index is 12.7. The summed E-state index contributed by atoms with van der Waals surface area (Å²) in [5, 5.41) is 2.66. The van der Waals surface area contributed by atoms with Gasteiger partial charge >= 0.3 is 0 Å². The van der Waals surface area contributed by atoms with Crippen LogP contribution in [0.2, 0.25) is 0 Å². The van der Waals surface area contributed by atoms with E-state index in [1.807, 2.05) is 6.92 Å². The van der Waals surface area contributed by atoms with Gasteiger partial charge in [-0.05, 0) is 49.6 Å². The van der Waals surface area contributed by atoms with Gasteiger partial charge in [0.25, 0.3) is 0 Å². The first-order chi connectivity index (χ1) is 12.2. The minimum atomic E-state index is -3.56. The Balaban J connectivity index is 1.79. The minimum Gasteiger partial charge on any atom is -0.325 e. The van der Waals surface area contributed by atoms with Crippen molar-refractivity contribution >= 4 is 33.4 Å². The molecule has 0 spiro atoms. The number of thioether (sulfide) groups is 1. The molecule has 0 radical (unpaired) electrons. The Morgan fingerprint density at radius 3 is 2.58 bits per heavy atom. The molecule has 2 aromatic rings. The Hall–Kier alpha value is -1.83. The van der Waals surface area contributed by atoms with Crippen LogP contribution in [-0.2, 0) is 21.2 Å². The normalized spacial score (nSPS) is 16.6. The second-order valence-electron chi connectivity index (χ2n) is 6.68. The van der Waals surface area contributed by atoms with Crippen molar-refractivity contribution in [2.24, 2.45) is 0 Å². The Kier molecular flexibility index (Phi) is 5.14. The van der Waals surface area contributed by atoms with Crippen LogP contribution in [0.4, 0.5) is 5.69 Å². The standard InChI is InChI=1S/C19H22N2O3S2/c1-12-5-7-14-10-17(25-16(14)9-12)19(22)20-15-8-6-13(2)18(11-15)26(23,24)21(3)4/h5-9,11,17H,10H2,1-4H3,(H,20,22)/t17-/m1/s1. The highest BCUT2D eigenvalue weighted by atomic mass is 32.2. The van der Waals surface area contributed by atoms with Gasteiger partial charge in [-0.2, -0.15) is 0 Å². The van der Waals surface area contributed by atoms with Gasteiger partial charge in [-0.1, -0.05) is 23.8 Å². The van der Waals surface area contributed by atoms with E-state index in [4.69, 9.17) is 0 Å². The number of hydrogen-bond acceptors (Lipinski definition) is 4. The second kappa shape index (κ2) is 7.06. The fourth-order valence-electron chi connectivity index (χ4n) is 2.86. The maximum Gasteiger partial charge on any atom is 0.242 e. The van der Waals surface area contributed by atoms with Gasteiger partial charge in [0.1, 0.15) is 0 Å². The molecule has 1 heterocycles. The van der Waals surface area contributed by atoms with Crippen LogP contribution in [0.15, 0.2) is 46.2 Å². The van der Waals surface area contributed by atoms with E-state index in [1.165, 1.54) is 35.6 Å². The van der Waals surface area contributed by atoms with Crippen molar-refractivity contribution in [3.05, 3.63) is 53.1 Å². The first-order valence-corrected chi connectivity index (χ1v) is 10.6. The number of amides is 1. The summed E-state index contributed by atoms with van der Waals surface area (Å²) in [5.74, 6) is -0.110. The molecule has 0 fully saturated rings. The maximum absolute atomic E-state index is 12.7. The highest BCUT2D eigenvalue weighted by Crippen LogP contribution is 2.38. The Morgan fingerprint density at radius 1 is 1.15 bits per heavy atom. The number of anilines is 1. The molecule has 3 rings (SSSR count). The highest BCUT2D eigenvalue weighted by Gasteiger charge is 2.29. The number of carbonyl (C=O) groups excluding carboxylic acids is 1. The van der Waals surface area contributed by atoms with E-state index in [-0.39, 0.29) is 16.1 Å². The van der Waals surface area contributed by atoms with Gasteiger partial charge in [0, 0.05) is 24.7 Å². The monoisotopic (exact) mass is 390 g/mol. The lowest BCUT2D eigenvalue weighted by molar-refractivity contribution is -0.115. The second-order valence-corrected chi connectivity index (χ2v) is 10.0. The zero-order valence-electron chi connectivity index (χ0n) is 15.2. The third kappa shape index (κ3) is 3.65. The molecule has 0 unspecified atom stereocenters. The van der Waals surface area contributed by atoms with E-state index in [0.717, 1.165) is 4.90 Å². The van der Waals surface area contributed by atoms with E-state index in [2.05, 4.69) is 23.5 Å². The summed E-state index contributed by atoms with van der Waals surface area (Å²) in [6.45, 7) is 3.78. The van der Waals surface area contributed by atoms with Crippen LogP contribution in [0.3, 0.4) is 0 Å². The number of fused-ring (bicyclic) bond motifs is 1. The molecule has 2 aromatic carbocycles. The number of nitrogens with zero attached hydrogens (tertiary/aromatic N) is 1. The van der Waals surface area contributed by atoms with Crippen LogP contribution in [0.25, 0.3) is 0 Å². The third-order valence-corrected chi connectivity index (χ3v) is 7.66. The molecule has 0 bridgehead atoms. The average molecular weight is 391 g/mol. The number of hydrogen-bond donors (Lipinski definition) is 1. The number of benzene rings is 2. The van der Waals surface area contributed by atoms with Crippen LogP contribution in [0.5, 0.6) is 0 Å². The molecule has 1 atom stereocenters. The SMILES string of the molecule is Cc1ccc2c(c1)S[C@@H](C(=O)Nc1ccc(C)c(S(=O)(=O)N(C)C)c1)C2. The summed E-state index contributed by atoms with van der Waals surface area (Å²) in [7, 11) is -0.568. The summed E-state index contributed by atoms with van der Waals surface area (Å²) < 4.78 is 26.0. The van der Waals surface area contributed by atoms with Gasteiger partial charge in [0.15, 0.2) is 0 Å². The van der Waals surface area contributed by atoms with Crippen molar-refractivity contribution in [1.29, 1.82) is 0 Å². The van der Waals surface area contributed by atoms with Gasteiger partial charge in [0.2, 0.25) is 15.9 Å². The molecule has 1 amide bonds. The molecular weight excluding hydrogens is 368 g/mol. The molecule has 26 heavy (non-hydrogen) atoms. The number of carbonyl (C=O) groups is 1. The number of nitrogens with one attached hydrogen (secondary N) is 1. The van der Waals surface area contributed by atoms with Crippen molar-refractivity contribution in [2.45, 2.75) is 35.3 Å². The van der Waals surface area contributed by atoms with Crippen LogP contribution >= 0.6 is 11.8 Å². The first-order valence-electron chi connectivity index (χ1n) is 8.28. The molecule has 5 nitrogen and oxygen atoms in total. The van der Waals surface area contributed by atoms with Gasteiger partial charge in [-0.25, -0.2) is 12.7 Å². The summed E-state index contributed by atoms with van der Waals surface area (Å²) in [4.78, 5) is 14.0. The predicted molar refractivity (Wildman–Crippen MR) is 105 cm³/mol. The molecule has 7 heteroatoms. The molecule has 138 valence electrons. The quantitative estimate of drug-likeness (QED) is 0.871. The first kappa shape index (κ1) is 18.9. The van der Waals surface area contributed by atoms with Crippen molar-refractivity contribution in [2.75, 3.05) is 19.4 Å². The van der Waals surface area contributed by atoms with Crippen LogP contribution in [0.1, 0.15) is 16.7 Å². The molecule has 1 aliphatic rings. The van der Waals surface area contributed by atoms with Gasteiger partial charge in [-0.3, -0.25) is 4.79 Å². The fourth-order valence-corrected chi connectivity index (χ4v) is 5.29. The lowest BCUT2D eigenvalue weighted by Crippen LogP contribution is -2.26. The van der Waals surface area contributed by atoms with Crippen molar-refractivity contribution in [3.8, 4) is 0 Å². The van der Waals surface area contributed by atoms with Crippen LogP contribution in [0, 0.1) is 13.8 Å². The topological polar surface area (TPSA) is 66.5 Å². The third-order valence-electron chi connectivity index (χ3n) is 4.40. The molecule has 0 saturated carbocycles. The molecule has 0 saturated heterocycles. The van der Waals surface area contributed by atoms with E-state index < -0.39 is 10.0 Å². The number of rotatable bonds is 4. The summed E-state index contributed by atoms with van der Waals surface area (Å²) >= 11 is 1.56. The van der Waals surface area contributed by atoms with E-state index in [9.17, 15) is 13.2 Å². The van der Waals surface area contributed by atoms with Gasteiger partial charge in [0.05, 0.1) is 10.1 Å². The molecule has 1 aliphatic heterocycles. The fraction of sp³-hybridized carbons (Fsp3) is 0.316. The van der Waals surface area contributed by atoms with Gasteiger partial charge in [-0.15, -0.1) is 11.8 Å². The molecule has 1 N–H and O–H groups in total. The Morgan fingerprint density at radius 2 is 1.88 bits per heavy atom. The Labute approximate surface area is 158 Å². The number of sulfonamides is 1. The minimum absolute atomic E-state index is 0.110. The highest BCUT2D eigenvalue weighted by molar-refractivity contribution is 8.01. The molecular formula is C19H22N2O3S2. The van der Waals surface area contributed by atoms with Crippen molar-refractivity contribution in [1.82, 2.24) is 4.31 Å². The number of aryl methyl sites for hydroxylation is 2. The largest absolute Gasteiger partial charge is 0.325 e. The van der Waals surface area contributed by atoms with E-state index in [0.29, 0.717) is 17.7 Å². The summed E-state index contributed by atoms with van der Waals surface area (Å²) in [6, 6.07) is 11.2. The van der Waals surface area contributed by atoms with Crippen LogP contribution in [-0.4, -0.2) is 38.0 Å². The Bertz CT molecular complexity index is 969. The lowest BCUT2D eigenvalue weighted by Gasteiger charge is -2.16. The van der Waals surface area contributed by atoms with Crippen molar-refractivity contribution < 1.29 is 13.2 Å². The van der Waals surface area contributed by atoms with Gasteiger partial charge < -0.3 is 5.32 Å². The van der Waals surface area contributed by atoms with E-state index in [1.54, 1.807) is 30.8 Å². The van der Waals surface area contributed by atoms with Crippen LogP contribution < -0.4 is 5.32 Å². The zero-order valence-corrected chi connectivity index (χ0v) is 16.9. The smallest absolute Gasteiger partial charge is 0.242 e. The summed E-state index contributed by atoms with van der Waals surface area (Å²) in [5.41, 5.74) is 3.50. The molecule has 0 aliphatic carbocycles. The lowest BCUT2D eigenvalue weighted by atomic mass is 10.1. The summed E-state index contributed by atoms with van der Waals surface area (Å²) in [6.07, 6.45) is 0.681.